The molecule has 0 bridgehead atoms. The Labute approximate surface area is 146 Å². The van der Waals surface area contributed by atoms with Crippen LogP contribution < -0.4 is 9.64 Å². The molecule has 1 aromatic heterocycles. The van der Waals surface area contributed by atoms with Crippen LogP contribution in [-0.4, -0.2) is 48.6 Å². The lowest BCUT2D eigenvalue weighted by Gasteiger charge is -2.34. The number of benzene rings is 1. The molecule has 1 fully saturated rings. The SMILES string of the molecule is CC(C)COc1cccc(C(=O)N2CCN(c3nccs3)CC2)c1. The number of thiazole rings is 1. The molecule has 5 nitrogen and oxygen atoms in total. The maximum absolute atomic E-state index is 12.7. The van der Waals surface area contributed by atoms with E-state index in [-0.39, 0.29) is 5.91 Å². The van der Waals surface area contributed by atoms with E-state index in [0.717, 1.165) is 37.1 Å². The van der Waals surface area contributed by atoms with Crippen LogP contribution in [0.4, 0.5) is 5.13 Å². The number of nitrogens with zero attached hydrogens (tertiary/aromatic N) is 3. The molecule has 1 aliphatic heterocycles. The predicted molar refractivity (Wildman–Crippen MR) is 97.0 cm³/mol. The number of aromatic nitrogens is 1. The highest BCUT2D eigenvalue weighted by Gasteiger charge is 2.23. The Morgan fingerprint density at radius 1 is 1.29 bits per heavy atom. The van der Waals surface area contributed by atoms with Crippen molar-refractivity contribution in [1.82, 2.24) is 9.88 Å². The van der Waals surface area contributed by atoms with Crippen molar-refractivity contribution < 1.29 is 9.53 Å². The van der Waals surface area contributed by atoms with Crippen molar-refractivity contribution in [3.05, 3.63) is 41.4 Å². The van der Waals surface area contributed by atoms with Gasteiger partial charge < -0.3 is 14.5 Å². The average molecular weight is 345 g/mol. The normalized spacial score (nSPS) is 15.0. The summed E-state index contributed by atoms with van der Waals surface area (Å²) in [5, 5.41) is 3.02. The molecule has 24 heavy (non-hydrogen) atoms. The molecule has 0 atom stereocenters. The number of rotatable bonds is 5. The van der Waals surface area contributed by atoms with Crippen molar-refractivity contribution >= 4 is 22.4 Å². The van der Waals surface area contributed by atoms with Gasteiger partial charge in [-0.25, -0.2) is 4.98 Å². The van der Waals surface area contributed by atoms with Crippen molar-refractivity contribution in [2.45, 2.75) is 13.8 Å². The van der Waals surface area contributed by atoms with E-state index in [0.29, 0.717) is 18.1 Å². The maximum atomic E-state index is 12.7. The van der Waals surface area contributed by atoms with Gasteiger partial charge in [0.15, 0.2) is 5.13 Å². The van der Waals surface area contributed by atoms with Crippen LogP contribution in [0.25, 0.3) is 0 Å². The predicted octanol–water partition coefficient (Wildman–Crippen LogP) is 3.14. The lowest BCUT2D eigenvalue weighted by molar-refractivity contribution is 0.0746. The van der Waals surface area contributed by atoms with Gasteiger partial charge in [-0.3, -0.25) is 4.79 Å². The molecule has 0 unspecified atom stereocenters. The van der Waals surface area contributed by atoms with E-state index in [1.807, 2.05) is 40.7 Å². The Balaban J connectivity index is 1.60. The molecular weight excluding hydrogens is 322 g/mol. The van der Waals surface area contributed by atoms with E-state index in [1.165, 1.54) is 0 Å². The Morgan fingerprint density at radius 2 is 2.08 bits per heavy atom. The van der Waals surface area contributed by atoms with Gasteiger partial charge in [-0.15, -0.1) is 11.3 Å². The van der Waals surface area contributed by atoms with Crippen LogP contribution in [0.1, 0.15) is 24.2 Å². The van der Waals surface area contributed by atoms with Gasteiger partial charge in [0, 0.05) is 43.3 Å². The van der Waals surface area contributed by atoms with E-state index >= 15 is 0 Å². The Bertz CT molecular complexity index is 665. The number of piperazine rings is 1. The van der Waals surface area contributed by atoms with E-state index in [4.69, 9.17) is 4.74 Å². The van der Waals surface area contributed by atoms with Gasteiger partial charge in [-0.05, 0) is 24.1 Å². The van der Waals surface area contributed by atoms with Gasteiger partial charge in [-0.1, -0.05) is 19.9 Å². The largest absolute Gasteiger partial charge is 0.493 e. The first-order valence-electron chi connectivity index (χ1n) is 8.30. The fraction of sp³-hybridized carbons (Fsp3) is 0.444. The minimum absolute atomic E-state index is 0.0729. The Kier molecular flexibility index (Phi) is 5.35. The van der Waals surface area contributed by atoms with Crippen molar-refractivity contribution in [3.63, 3.8) is 0 Å². The molecule has 6 heteroatoms. The van der Waals surface area contributed by atoms with Crippen LogP contribution in [0.15, 0.2) is 35.8 Å². The Hall–Kier alpha value is -2.08. The highest BCUT2D eigenvalue weighted by molar-refractivity contribution is 7.13. The van der Waals surface area contributed by atoms with Crippen molar-refractivity contribution in [3.8, 4) is 5.75 Å². The standard InChI is InChI=1S/C18H23N3O2S/c1-14(2)13-23-16-5-3-4-15(12-16)17(22)20-7-9-21(10-8-20)18-19-6-11-24-18/h3-6,11-12,14H,7-10,13H2,1-2H3. The quantitative estimate of drug-likeness (QED) is 0.835. The van der Waals surface area contributed by atoms with Gasteiger partial charge >= 0.3 is 0 Å². The first kappa shape index (κ1) is 16.8. The minimum Gasteiger partial charge on any atom is -0.493 e. The number of carbonyl (C=O) groups is 1. The zero-order chi connectivity index (χ0) is 16.9. The van der Waals surface area contributed by atoms with Crippen LogP contribution in [0.5, 0.6) is 5.75 Å². The zero-order valence-corrected chi connectivity index (χ0v) is 15.0. The van der Waals surface area contributed by atoms with Crippen LogP contribution in [0.2, 0.25) is 0 Å². The second-order valence-corrected chi connectivity index (χ2v) is 7.20. The molecule has 2 aromatic rings. The molecular formula is C18H23N3O2S. The van der Waals surface area contributed by atoms with E-state index in [1.54, 1.807) is 11.3 Å². The van der Waals surface area contributed by atoms with Crippen LogP contribution in [0, 0.1) is 5.92 Å². The number of carbonyl (C=O) groups excluding carboxylic acids is 1. The summed E-state index contributed by atoms with van der Waals surface area (Å²) in [5.41, 5.74) is 0.693. The smallest absolute Gasteiger partial charge is 0.254 e. The highest BCUT2D eigenvalue weighted by atomic mass is 32.1. The van der Waals surface area contributed by atoms with Crippen LogP contribution >= 0.6 is 11.3 Å². The maximum Gasteiger partial charge on any atom is 0.254 e. The number of amides is 1. The molecule has 0 N–H and O–H groups in total. The summed E-state index contributed by atoms with van der Waals surface area (Å²) in [5.74, 6) is 1.29. The molecule has 0 aliphatic carbocycles. The van der Waals surface area contributed by atoms with Crippen molar-refractivity contribution in [1.29, 1.82) is 0 Å². The third-order valence-corrected chi connectivity index (χ3v) is 4.75. The number of anilines is 1. The Morgan fingerprint density at radius 3 is 2.75 bits per heavy atom. The summed E-state index contributed by atoms with van der Waals surface area (Å²) in [7, 11) is 0. The molecule has 3 rings (SSSR count). The van der Waals surface area contributed by atoms with E-state index in [9.17, 15) is 4.79 Å². The number of hydrogen-bond donors (Lipinski definition) is 0. The molecule has 0 radical (unpaired) electrons. The monoisotopic (exact) mass is 345 g/mol. The van der Waals surface area contributed by atoms with E-state index < -0.39 is 0 Å². The topological polar surface area (TPSA) is 45.7 Å². The fourth-order valence-electron chi connectivity index (χ4n) is 2.64. The second-order valence-electron chi connectivity index (χ2n) is 6.33. The lowest BCUT2D eigenvalue weighted by atomic mass is 10.1. The van der Waals surface area contributed by atoms with E-state index in [2.05, 4.69) is 23.7 Å². The summed E-state index contributed by atoms with van der Waals surface area (Å²) < 4.78 is 5.73. The first-order valence-corrected chi connectivity index (χ1v) is 9.18. The highest BCUT2D eigenvalue weighted by Crippen LogP contribution is 2.21. The third-order valence-electron chi connectivity index (χ3n) is 3.92. The molecule has 128 valence electrons. The summed E-state index contributed by atoms with van der Waals surface area (Å²) in [6, 6.07) is 7.49. The molecule has 2 heterocycles. The van der Waals surface area contributed by atoms with Gasteiger partial charge in [0.25, 0.3) is 5.91 Å². The number of hydrogen-bond acceptors (Lipinski definition) is 5. The fourth-order valence-corrected chi connectivity index (χ4v) is 3.33. The summed E-state index contributed by atoms with van der Waals surface area (Å²) in [4.78, 5) is 21.2. The average Bonchev–Trinajstić information content (AvgIpc) is 3.14. The van der Waals surface area contributed by atoms with Crippen molar-refractivity contribution in [2.24, 2.45) is 5.92 Å². The van der Waals surface area contributed by atoms with Crippen LogP contribution in [0.3, 0.4) is 0 Å². The molecule has 1 aliphatic rings. The van der Waals surface area contributed by atoms with Gasteiger partial charge in [0.1, 0.15) is 5.75 Å². The van der Waals surface area contributed by atoms with Gasteiger partial charge in [0.2, 0.25) is 0 Å². The summed E-state index contributed by atoms with van der Waals surface area (Å²) in [6.45, 7) is 7.95. The molecule has 1 aromatic carbocycles. The van der Waals surface area contributed by atoms with Crippen molar-refractivity contribution in [2.75, 3.05) is 37.7 Å². The lowest BCUT2D eigenvalue weighted by Crippen LogP contribution is -2.48. The molecule has 0 saturated carbocycles. The summed E-state index contributed by atoms with van der Waals surface area (Å²) in [6.07, 6.45) is 1.82. The van der Waals surface area contributed by atoms with Gasteiger partial charge in [-0.2, -0.15) is 0 Å². The minimum atomic E-state index is 0.0729. The van der Waals surface area contributed by atoms with Gasteiger partial charge in [0.05, 0.1) is 6.61 Å². The first-order chi connectivity index (χ1) is 11.6. The zero-order valence-electron chi connectivity index (χ0n) is 14.1. The molecule has 1 saturated heterocycles. The third kappa shape index (κ3) is 4.06. The summed E-state index contributed by atoms with van der Waals surface area (Å²) >= 11 is 1.64. The second kappa shape index (κ2) is 7.66. The van der Waals surface area contributed by atoms with Crippen LogP contribution in [-0.2, 0) is 0 Å². The molecule has 1 amide bonds. The molecule has 0 spiro atoms. The number of ether oxygens (including phenoxy) is 1.